The Balaban J connectivity index is 1.15. The quantitative estimate of drug-likeness (QED) is 0.188. The van der Waals surface area contributed by atoms with Crippen LogP contribution in [0.15, 0.2) is 174 Å². The summed E-state index contributed by atoms with van der Waals surface area (Å²) in [7, 11) is 0. The standard InChI is InChI=1S/C45H28N4O/c1-3-12-29(13-4-1)30-22-24-32(25-23-30)44-46-43(31-14-5-2-6-15-31)47-45(48-44)33-16-11-17-34(26-33)49-39-20-9-7-18-35(39)37-28-42-38(27-40(37)49)36-19-8-10-21-41(36)50-42/h1-28H. The van der Waals surface area contributed by atoms with E-state index in [4.69, 9.17) is 19.4 Å². The average molecular weight is 641 g/mol. The molecule has 7 aromatic carbocycles. The Bertz CT molecular complexity index is 2850. The van der Waals surface area contributed by atoms with Gasteiger partial charge < -0.3 is 8.98 Å². The molecule has 0 radical (unpaired) electrons. The largest absolute Gasteiger partial charge is 0.456 e. The minimum atomic E-state index is 0.617. The van der Waals surface area contributed by atoms with Crippen LogP contribution in [-0.2, 0) is 0 Å². The summed E-state index contributed by atoms with van der Waals surface area (Å²) in [6.45, 7) is 0. The van der Waals surface area contributed by atoms with Crippen molar-refractivity contribution < 1.29 is 4.42 Å². The second-order valence-corrected chi connectivity index (χ2v) is 12.5. The lowest BCUT2D eigenvalue weighted by atomic mass is 10.0. The van der Waals surface area contributed by atoms with E-state index in [-0.39, 0.29) is 0 Å². The highest BCUT2D eigenvalue weighted by Crippen LogP contribution is 2.39. The van der Waals surface area contributed by atoms with E-state index < -0.39 is 0 Å². The highest BCUT2D eigenvalue weighted by atomic mass is 16.3. The first kappa shape index (κ1) is 28.2. The van der Waals surface area contributed by atoms with Crippen LogP contribution in [0.4, 0.5) is 0 Å². The molecule has 0 aliphatic rings. The zero-order valence-electron chi connectivity index (χ0n) is 26.9. The molecular formula is C45H28N4O. The molecule has 10 aromatic rings. The molecule has 10 rings (SSSR count). The first-order valence-electron chi connectivity index (χ1n) is 16.7. The highest BCUT2D eigenvalue weighted by molar-refractivity contribution is 6.17. The topological polar surface area (TPSA) is 56.7 Å². The zero-order valence-corrected chi connectivity index (χ0v) is 26.9. The van der Waals surface area contributed by atoms with Crippen LogP contribution >= 0.6 is 0 Å². The normalized spacial score (nSPS) is 11.6. The summed E-state index contributed by atoms with van der Waals surface area (Å²) >= 11 is 0. The van der Waals surface area contributed by atoms with Crippen LogP contribution in [0.2, 0.25) is 0 Å². The maximum absolute atomic E-state index is 6.29. The van der Waals surface area contributed by atoms with Gasteiger partial charge in [-0.3, -0.25) is 0 Å². The highest BCUT2D eigenvalue weighted by Gasteiger charge is 2.18. The summed E-state index contributed by atoms with van der Waals surface area (Å²) in [4.78, 5) is 15.1. The molecule has 3 aromatic heterocycles. The molecule has 0 aliphatic carbocycles. The van der Waals surface area contributed by atoms with Gasteiger partial charge >= 0.3 is 0 Å². The van der Waals surface area contributed by atoms with Crippen LogP contribution in [0.5, 0.6) is 0 Å². The Labute approximate surface area is 287 Å². The van der Waals surface area contributed by atoms with Crippen LogP contribution in [0.1, 0.15) is 0 Å². The number of aromatic nitrogens is 4. The minimum absolute atomic E-state index is 0.617. The predicted molar refractivity (Wildman–Crippen MR) is 203 cm³/mol. The molecular weight excluding hydrogens is 613 g/mol. The molecule has 0 spiro atoms. The van der Waals surface area contributed by atoms with Crippen LogP contribution in [0, 0.1) is 0 Å². The Morgan fingerprint density at radius 3 is 1.66 bits per heavy atom. The molecule has 0 saturated heterocycles. The predicted octanol–water partition coefficient (Wildman–Crippen LogP) is 11.5. The smallest absolute Gasteiger partial charge is 0.164 e. The van der Waals surface area contributed by atoms with Crippen molar-refractivity contribution in [3.05, 3.63) is 170 Å². The molecule has 0 bridgehead atoms. The maximum atomic E-state index is 6.29. The van der Waals surface area contributed by atoms with E-state index in [1.165, 1.54) is 10.9 Å². The Morgan fingerprint density at radius 2 is 0.900 bits per heavy atom. The number of furan rings is 1. The van der Waals surface area contributed by atoms with Gasteiger partial charge in [-0.2, -0.15) is 0 Å². The average Bonchev–Trinajstić information content (AvgIpc) is 3.72. The molecule has 0 amide bonds. The van der Waals surface area contributed by atoms with E-state index in [1.54, 1.807) is 0 Å². The van der Waals surface area contributed by atoms with Crippen molar-refractivity contribution in [1.82, 2.24) is 19.5 Å². The SMILES string of the molecule is c1ccc(-c2ccc(-c3nc(-c4ccccc4)nc(-c4cccc(-n5c6ccccc6c6cc7oc8ccccc8c7cc65)c4)n3)cc2)cc1. The van der Waals surface area contributed by atoms with Gasteiger partial charge in [-0.05, 0) is 47.5 Å². The Kier molecular flexibility index (Phi) is 6.42. The first-order valence-corrected chi connectivity index (χ1v) is 16.7. The number of hydrogen-bond donors (Lipinski definition) is 0. The summed E-state index contributed by atoms with van der Waals surface area (Å²) in [6.07, 6.45) is 0. The number of rotatable bonds is 5. The van der Waals surface area contributed by atoms with E-state index in [1.807, 2.05) is 48.5 Å². The number of nitrogens with zero attached hydrogens (tertiary/aromatic N) is 4. The van der Waals surface area contributed by atoms with Gasteiger partial charge in [-0.1, -0.05) is 133 Å². The molecule has 0 saturated carbocycles. The van der Waals surface area contributed by atoms with E-state index in [0.29, 0.717) is 17.5 Å². The second-order valence-electron chi connectivity index (χ2n) is 12.5. The molecule has 0 fully saturated rings. The number of benzene rings is 7. The molecule has 0 atom stereocenters. The van der Waals surface area contributed by atoms with E-state index in [0.717, 1.165) is 66.3 Å². The number of hydrogen-bond acceptors (Lipinski definition) is 4. The molecule has 234 valence electrons. The molecule has 50 heavy (non-hydrogen) atoms. The third kappa shape index (κ3) is 4.67. The van der Waals surface area contributed by atoms with Crippen molar-refractivity contribution in [2.24, 2.45) is 0 Å². The second kappa shape index (κ2) is 11.4. The minimum Gasteiger partial charge on any atom is -0.456 e. The monoisotopic (exact) mass is 640 g/mol. The molecule has 3 heterocycles. The van der Waals surface area contributed by atoms with Crippen molar-refractivity contribution in [2.75, 3.05) is 0 Å². The summed E-state index contributed by atoms with van der Waals surface area (Å²) < 4.78 is 8.63. The Hall–Kier alpha value is -6.85. The summed E-state index contributed by atoms with van der Waals surface area (Å²) in [5, 5.41) is 4.52. The lowest BCUT2D eigenvalue weighted by molar-refractivity contribution is 0.669. The molecule has 0 unspecified atom stereocenters. The summed E-state index contributed by atoms with van der Waals surface area (Å²) in [6, 6.07) is 58.6. The van der Waals surface area contributed by atoms with Crippen LogP contribution in [-0.4, -0.2) is 19.5 Å². The molecule has 0 aliphatic heterocycles. The molecule has 5 heteroatoms. The maximum Gasteiger partial charge on any atom is 0.164 e. The van der Waals surface area contributed by atoms with Crippen molar-refractivity contribution in [3.63, 3.8) is 0 Å². The van der Waals surface area contributed by atoms with Gasteiger partial charge in [-0.25, -0.2) is 15.0 Å². The fraction of sp³-hybridized carbons (Fsp3) is 0. The summed E-state index contributed by atoms with van der Waals surface area (Å²) in [5.41, 5.74) is 10.1. The van der Waals surface area contributed by atoms with Crippen LogP contribution in [0.3, 0.4) is 0 Å². The van der Waals surface area contributed by atoms with Gasteiger partial charge in [0.2, 0.25) is 0 Å². The molecule has 0 N–H and O–H groups in total. The van der Waals surface area contributed by atoms with Crippen molar-refractivity contribution >= 4 is 43.7 Å². The first-order chi connectivity index (χ1) is 24.8. The fourth-order valence-corrected chi connectivity index (χ4v) is 7.04. The van der Waals surface area contributed by atoms with Gasteiger partial charge in [0.1, 0.15) is 11.2 Å². The van der Waals surface area contributed by atoms with Crippen LogP contribution < -0.4 is 0 Å². The van der Waals surface area contributed by atoms with Gasteiger partial charge in [0.25, 0.3) is 0 Å². The van der Waals surface area contributed by atoms with Gasteiger partial charge in [-0.15, -0.1) is 0 Å². The van der Waals surface area contributed by atoms with Gasteiger partial charge in [0, 0.05) is 43.9 Å². The van der Waals surface area contributed by atoms with Crippen molar-refractivity contribution in [3.8, 4) is 51.0 Å². The lowest BCUT2D eigenvalue weighted by Crippen LogP contribution is -2.01. The van der Waals surface area contributed by atoms with Gasteiger partial charge in [0.15, 0.2) is 17.5 Å². The number of fused-ring (bicyclic) bond motifs is 6. The fourth-order valence-electron chi connectivity index (χ4n) is 7.04. The van der Waals surface area contributed by atoms with Gasteiger partial charge in [0.05, 0.1) is 11.0 Å². The zero-order chi connectivity index (χ0) is 33.0. The Morgan fingerprint density at radius 1 is 0.340 bits per heavy atom. The van der Waals surface area contributed by atoms with E-state index in [9.17, 15) is 0 Å². The third-order valence-electron chi connectivity index (χ3n) is 9.45. The van der Waals surface area contributed by atoms with Crippen molar-refractivity contribution in [2.45, 2.75) is 0 Å². The number of para-hydroxylation sites is 2. The third-order valence-corrected chi connectivity index (χ3v) is 9.45. The summed E-state index contributed by atoms with van der Waals surface area (Å²) in [5.74, 6) is 1.88. The van der Waals surface area contributed by atoms with Crippen molar-refractivity contribution in [1.29, 1.82) is 0 Å². The van der Waals surface area contributed by atoms with E-state index >= 15 is 0 Å². The van der Waals surface area contributed by atoms with E-state index in [2.05, 4.69) is 126 Å². The molecule has 5 nitrogen and oxygen atoms in total. The van der Waals surface area contributed by atoms with Crippen LogP contribution in [0.25, 0.3) is 94.7 Å². The lowest BCUT2D eigenvalue weighted by Gasteiger charge is -2.12.